The number of ether oxygens (including phenoxy) is 2. The van der Waals surface area contributed by atoms with Crippen LogP contribution >= 0.6 is 0 Å². The lowest BCUT2D eigenvalue weighted by Crippen LogP contribution is -2.52. The SMILES string of the molecule is COc1ccc(O[C@H](C)CNC(=O)N2CCC[C@@](C)(O)C2)cc1. The third-order valence-corrected chi connectivity index (χ3v) is 3.90. The van der Waals surface area contributed by atoms with Crippen molar-refractivity contribution in [2.24, 2.45) is 0 Å². The number of likely N-dealkylation sites (tertiary alicyclic amines) is 1. The van der Waals surface area contributed by atoms with Gasteiger partial charge in [-0.1, -0.05) is 0 Å². The molecule has 1 heterocycles. The van der Waals surface area contributed by atoms with Crippen molar-refractivity contribution in [3.8, 4) is 11.5 Å². The van der Waals surface area contributed by atoms with Gasteiger partial charge in [-0.2, -0.15) is 0 Å². The fourth-order valence-corrected chi connectivity index (χ4v) is 2.66. The zero-order chi connectivity index (χ0) is 16.9. The molecule has 1 fully saturated rings. The lowest BCUT2D eigenvalue weighted by molar-refractivity contribution is -0.00270. The summed E-state index contributed by atoms with van der Waals surface area (Å²) in [4.78, 5) is 13.8. The monoisotopic (exact) mass is 322 g/mol. The number of carbonyl (C=O) groups excluding carboxylic acids is 1. The van der Waals surface area contributed by atoms with Crippen molar-refractivity contribution in [1.82, 2.24) is 10.2 Å². The minimum Gasteiger partial charge on any atom is -0.497 e. The van der Waals surface area contributed by atoms with Crippen molar-refractivity contribution < 1.29 is 19.4 Å². The van der Waals surface area contributed by atoms with E-state index in [1.165, 1.54) is 0 Å². The summed E-state index contributed by atoms with van der Waals surface area (Å²) in [6, 6.07) is 7.17. The summed E-state index contributed by atoms with van der Waals surface area (Å²) in [5.41, 5.74) is -0.791. The highest BCUT2D eigenvalue weighted by Gasteiger charge is 2.30. The molecular formula is C17H26N2O4. The zero-order valence-electron chi connectivity index (χ0n) is 14.0. The Morgan fingerprint density at radius 1 is 1.39 bits per heavy atom. The summed E-state index contributed by atoms with van der Waals surface area (Å²) in [7, 11) is 1.62. The van der Waals surface area contributed by atoms with E-state index >= 15 is 0 Å². The van der Waals surface area contributed by atoms with Crippen LogP contribution in [0.15, 0.2) is 24.3 Å². The normalized spacial score (nSPS) is 22.3. The Morgan fingerprint density at radius 3 is 2.65 bits per heavy atom. The number of rotatable bonds is 5. The molecule has 2 rings (SSSR count). The number of hydrogen-bond donors (Lipinski definition) is 2. The van der Waals surface area contributed by atoms with E-state index in [4.69, 9.17) is 9.47 Å². The Morgan fingerprint density at radius 2 is 2.04 bits per heavy atom. The van der Waals surface area contributed by atoms with Gasteiger partial charge in [0.15, 0.2) is 0 Å². The van der Waals surface area contributed by atoms with Crippen molar-refractivity contribution in [2.45, 2.75) is 38.4 Å². The van der Waals surface area contributed by atoms with Gasteiger partial charge >= 0.3 is 6.03 Å². The lowest BCUT2D eigenvalue weighted by atomic mass is 9.95. The predicted octanol–water partition coefficient (Wildman–Crippen LogP) is 2.02. The largest absolute Gasteiger partial charge is 0.497 e. The first kappa shape index (κ1) is 17.4. The number of nitrogens with one attached hydrogen (secondary N) is 1. The molecule has 1 saturated heterocycles. The van der Waals surface area contributed by atoms with E-state index in [9.17, 15) is 9.90 Å². The van der Waals surface area contributed by atoms with Crippen LogP contribution in [0.5, 0.6) is 11.5 Å². The molecule has 0 aromatic heterocycles. The number of benzene rings is 1. The molecule has 6 nitrogen and oxygen atoms in total. The average Bonchev–Trinajstić information content (AvgIpc) is 2.52. The molecule has 2 amide bonds. The van der Waals surface area contributed by atoms with Gasteiger partial charge in [0.05, 0.1) is 25.8 Å². The summed E-state index contributed by atoms with van der Waals surface area (Å²) >= 11 is 0. The molecule has 0 unspecified atom stereocenters. The molecule has 1 aromatic carbocycles. The van der Waals surface area contributed by atoms with Gasteiger partial charge in [-0.3, -0.25) is 0 Å². The number of urea groups is 1. The Balaban J connectivity index is 1.76. The molecule has 6 heteroatoms. The quantitative estimate of drug-likeness (QED) is 0.870. The number of hydrogen-bond acceptors (Lipinski definition) is 4. The topological polar surface area (TPSA) is 71.0 Å². The first-order chi connectivity index (χ1) is 10.9. The van der Waals surface area contributed by atoms with Crippen LogP contribution in [0.4, 0.5) is 4.79 Å². The Bertz CT molecular complexity index is 516. The van der Waals surface area contributed by atoms with Gasteiger partial charge in [-0.25, -0.2) is 4.79 Å². The van der Waals surface area contributed by atoms with Crippen LogP contribution in [0.1, 0.15) is 26.7 Å². The van der Waals surface area contributed by atoms with Crippen molar-refractivity contribution in [1.29, 1.82) is 0 Å². The molecule has 0 radical (unpaired) electrons. The summed E-state index contributed by atoms with van der Waals surface area (Å²) in [5.74, 6) is 1.50. The molecule has 1 aromatic rings. The maximum absolute atomic E-state index is 12.2. The van der Waals surface area contributed by atoms with Gasteiger partial charge in [-0.05, 0) is 51.0 Å². The predicted molar refractivity (Wildman–Crippen MR) is 87.9 cm³/mol. The van der Waals surface area contributed by atoms with Crippen molar-refractivity contribution in [3.05, 3.63) is 24.3 Å². The highest BCUT2D eigenvalue weighted by atomic mass is 16.5. The number of aliphatic hydroxyl groups is 1. The second-order valence-corrected chi connectivity index (χ2v) is 6.31. The Labute approximate surface area is 137 Å². The molecule has 0 spiro atoms. The highest BCUT2D eigenvalue weighted by Crippen LogP contribution is 2.20. The summed E-state index contributed by atoms with van der Waals surface area (Å²) < 4.78 is 10.9. The fraction of sp³-hybridized carbons (Fsp3) is 0.588. The van der Waals surface area contributed by atoms with Crippen LogP contribution in [0.25, 0.3) is 0 Å². The smallest absolute Gasteiger partial charge is 0.317 e. The van der Waals surface area contributed by atoms with Gasteiger partial charge in [0.2, 0.25) is 0 Å². The summed E-state index contributed by atoms with van der Waals surface area (Å²) in [5, 5.41) is 12.9. The maximum Gasteiger partial charge on any atom is 0.317 e. The van der Waals surface area contributed by atoms with E-state index in [0.29, 0.717) is 19.6 Å². The second-order valence-electron chi connectivity index (χ2n) is 6.31. The van der Waals surface area contributed by atoms with E-state index in [1.807, 2.05) is 31.2 Å². The third kappa shape index (κ3) is 5.32. The molecule has 128 valence electrons. The first-order valence-corrected chi connectivity index (χ1v) is 7.95. The molecule has 0 bridgehead atoms. The molecule has 2 N–H and O–H groups in total. The average molecular weight is 322 g/mol. The molecule has 23 heavy (non-hydrogen) atoms. The second kappa shape index (κ2) is 7.55. The van der Waals surface area contributed by atoms with Crippen molar-refractivity contribution in [3.63, 3.8) is 0 Å². The number of amides is 2. The van der Waals surface area contributed by atoms with Gasteiger partial charge < -0.3 is 24.8 Å². The Hall–Kier alpha value is -1.95. The van der Waals surface area contributed by atoms with Crippen LogP contribution in [-0.4, -0.2) is 54.5 Å². The first-order valence-electron chi connectivity index (χ1n) is 7.95. The Kier molecular flexibility index (Phi) is 5.71. The molecular weight excluding hydrogens is 296 g/mol. The highest BCUT2D eigenvalue weighted by molar-refractivity contribution is 5.74. The van der Waals surface area contributed by atoms with Crippen molar-refractivity contribution in [2.75, 3.05) is 26.7 Å². The van der Waals surface area contributed by atoms with Crippen molar-refractivity contribution >= 4 is 6.03 Å². The van der Waals surface area contributed by atoms with Gasteiger partial charge in [-0.15, -0.1) is 0 Å². The number of nitrogens with zero attached hydrogens (tertiary/aromatic N) is 1. The van der Waals surface area contributed by atoms with E-state index in [-0.39, 0.29) is 12.1 Å². The molecule has 1 aliphatic heterocycles. The van der Waals surface area contributed by atoms with Crippen LogP contribution < -0.4 is 14.8 Å². The van der Waals surface area contributed by atoms with E-state index in [0.717, 1.165) is 24.3 Å². The summed E-state index contributed by atoms with van der Waals surface area (Å²) in [6.07, 6.45) is 1.39. The number of β-amino-alcohol motifs (C(OH)–C–C–N with tert-alkyl or cyclic N) is 1. The minimum absolute atomic E-state index is 0.155. The van der Waals surface area contributed by atoms with Crippen LogP contribution in [0.2, 0.25) is 0 Å². The van der Waals surface area contributed by atoms with E-state index < -0.39 is 5.60 Å². The fourth-order valence-electron chi connectivity index (χ4n) is 2.66. The van der Waals surface area contributed by atoms with Gasteiger partial charge in [0.1, 0.15) is 17.6 Å². The standard InChI is InChI=1S/C17H26N2O4/c1-13(23-15-7-5-14(22-3)6-8-15)11-18-16(20)19-10-4-9-17(2,21)12-19/h5-8,13,21H,4,9-12H2,1-3H3,(H,18,20)/t13-,17-/m1/s1. The van der Waals surface area contributed by atoms with E-state index in [2.05, 4.69) is 5.32 Å². The number of piperidine rings is 1. The summed E-state index contributed by atoms with van der Waals surface area (Å²) in [6.45, 7) is 5.12. The minimum atomic E-state index is -0.791. The lowest BCUT2D eigenvalue weighted by Gasteiger charge is -2.36. The van der Waals surface area contributed by atoms with Crippen LogP contribution in [-0.2, 0) is 0 Å². The maximum atomic E-state index is 12.2. The van der Waals surface area contributed by atoms with E-state index in [1.54, 1.807) is 18.9 Å². The third-order valence-electron chi connectivity index (χ3n) is 3.90. The molecule has 0 aliphatic carbocycles. The number of methoxy groups -OCH3 is 1. The number of carbonyl (C=O) groups is 1. The molecule has 1 aliphatic rings. The molecule has 2 atom stereocenters. The molecule has 0 saturated carbocycles. The van der Waals surface area contributed by atoms with Gasteiger partial charge in [0, 0.05) is 6.54 Å². The van der Waals surface area contributed by atoms with Crippen LogP contribution in [0, 0.1) is 0 Å². The van der Waals surface area contributed by atoms with Crippen LogP contribution in [0.3, 0.4) is 0 Å². The van der Waals surface area contributed by atoms with Gasteiger partial charge in [0.25, 0.3) is 0 Å². The zero-order valence-corrected chi connectivity index (χ0v) is 14.0.